The molecule has 46 heavy (non-hydrogen) atoms. The molecule has 0 unspecified atom stereocenters. The van der Waals surface area contributed by atoms with Gasteiger partial charge in [0.15, 0.2) is 0 Å². The molecule has 2 N–H and O–H groups in total. The summed E-state index contributed by atoms with van der Waals surface area (Å²) in [5.74, 6) is 0.646. The molecular formula is C35H50N6O4S. The van der Waals surface area contributed by atoms with Gasteiger partial charge >= 0.3 is 6.01 Å². The molecule has 10 nitrogen and oxygen atoms in total. The second kappa shape index (κ2) is 14.8. The molecule has 5 rings (SSSR count). The Hall–Kier alpha value is -3.09. The summed E-state index contributed by atoms with van der Waals surface area (Å²) < 4.78 is 40.4. The molecule has 250 valence electrons. The number of nitrogens with two attached hydrogens (primary N) is 1. The highest BCUT2D eigenvalue weighted by molar-refractivity contribution is 7.89. The lowest BCUT2D eigenvalue weighted by Gasteiger charge is -2.46. The van der Waals surface area contributed by atoms with Crippen LogP contribution < -0.4 is 15.2 Å². The van der Waals surface area contributed by atoms with Gasteiger partial charge in [0.1, 0.15) is 12.4 Å². The van der Waals surface area contributed by atoms with Crippen LogP contribution in [-0.2, 0) is 28.5 Å². The Kier molecular flexibility index (Phi) is 11.0. The Bertz CT molecular complexity index is 1550. The minimum atomic E-state index is -3.71. The maximum Gasteiger partial charge on any atom is 0.316 e. The molecule has 0 bridgehead atoms. The number of rotatable bonds is 13. The SMILES string of the molecule is COc1cc(C)c(S(=O)(=O)N2CCC[C@H]2COc2ncc(CCCN3CCC(c4ccccc4)(N(C)C)CC3)c(CN)n2)c(C)c1. The Balaban J connectivity index is 1.15. The highest BCUT2D eigenvalue weighted by atomic mass is 32.2. The van der Waals surface area contributed by atoms with Gasteiger partial charge in [0.05, 0.1) is 23.7 Å². The predicted molar refractivity (Wildman–Crippen MR) is 181 cm³/mol. The van der Waals surface area contributed by atoms with Gasteiger partial charge in [0.2, 0.25) is 10.0 Å². The number of piperidine rings is 1. The highest BCUT2D eigenvalue weighted by Gasteiger charge is 2.39. The van der Waals surface area contributed by atoms with Crippen LogP contribution in [0.1, 0.15) is 60.1 Å². The monoisotopic (exact) mass is 650 g/mol. The molecule has 2 saturated heterocycles. The van der Waals surface area contributed by atoms with E-state index in [1.165, 1.54) is 5.56 Å². The fraction of sp³-hybridized carbons (Fsp3) is 0.543. The van der Waals surface area contributed by atoms with Gasteiger partial charge in [0.25, 0.3) is 0 Å². The lowest BCUT2D eigenvalue weighted by atomic mass is 9.80. The van der Waals surface area contributed by atoms with Gasteiger partial charge in [-0.2, -0.15) is 9.29 Å². The van der Waals surface area contributed by atoms with Crippen molar-refractivity contribution in [2.45, 2.75) is 75.4 Å². The van der Waals surface area contributed by atoms with Gasteiger partial charge in [0, 0.05) is 37.9 Å². The van der Waals surface area contributed by atoms with E-state index in [4.69, 9.17) is 15.2 Å². The average Bonchev–Trinajstić information content (AvgIpc) is 3.54. The lowest BCUT2D eigenvalue weighted by molar-refractivity contribution is 0.0535. The number of nitrogens with zero attached hydrogens (tertiary/aromatic N) is 5. The number of benzene rings is 2. The van der Waals surface area contributed by atoms with Crippen LogP contribution in [0.25, 0.3) is 0 Å². The second-order valence-electron chi connectivity index (χ2n) is 12.9. The number of likely N-dealkylation sites (tertiary alicyclic amines) is 1. The Morgan fingerprint density at radius 2 is 1.76 bits per heavy atom. The zero-order valence-corrected chi connectivity index (χ0v) is 28.9. The molecule has 3 aromatic rings. The minimum Gasteiger partial charge on any atom is -0.497 e. The fourth-order valence-electron chi connectivity index (χ4n) is 7.28. The molecule has 0 amide bonds. The predicted octanol–water partition coefficient (Wildman–Crippen LogP) is 4.28. The second-order valence-corrected chi connectivity index (χ2v) is 14.7. The van der Waals surface area contributed by atoms with Gasteiger partial charge in [-0.25, -0.2) is 13.4 Å². The molecule has 2 fully saturated rings. The summed E-state index contributed by atoms with van der Waals surface area (Å²) >= 11 is 0. The summed E-state index contributed by atoms with van der Waals surface area (Å²) in [5, 5.41) is 0. The van der Waals surface area contributed by atoms with Crippen molar-refractivity contribution in [1.29, 1.82) is 0 Å². The van der Waals surface area contributed by atoms with Gasteiger partial charge < -0.3 is 20.1 Å². The van der Waals surface area contributed by atoms with E-state index in [-0.39, 0.29) is 24.2 Å². The molecule has 11 heteroatoms. The summed E-state index contributed by atoms with van der Waals surface area (Å²) in [6.07, 6.45) is 7.35. The summed E-state index contributed by atoms with van der Waals surface area (Å²) in [6, 6.07) is 14.3. The molecule has 2 aromatic carbocycles. The summed E-state index contributed by atoms with van der Waals surface area (Å²) in [4.78, 5) is 14.4. The zero-order valence-electron chi connectivity index (χ0n) is 28.0. The number of ether oxygens (including phenoxy) is 2. The summed E-state index contributed by atoms with van der Waals surface area (Å²) in [5.41, 5.74) is 10.7. The average molecular weight is 651 g/mol. The van der Waals surface area contributed by atoms with Crippen molar-refractivity contribution in [2.75, 3.05) is 54.0 Å². The smallest absolute Gasteiger partial charge is 0.316 e. The first-order chi connectivity index (χ1) is 22.1. The molecule has 2 aliphatic rings. The summed E-state index contributed by atoms with van der Waals surface area (Å²) in [7, 11) is 2.26. The topological polar surface area (TPSA) is 114 Å². The van der Waals surface area contributed by atoms with Crippen LogP contribution in [0.3, 0.4) is 0 Å². The van der Waals surface area contributed by atoms with Gasteiger partial charge in [-0.05, 0) is 107 Å². The normalized spacial score (nSPS) is 19.1. The van der Waals surface area contributed by atoms with Gasteiger partial charge in [-0.3, -0.25) is 4.90 Å². The van der Waals surface area contributed by atoms with Crippen molar-refractivity contribution in [3.05, 3.63) is 76.6 Å². The van der Waals surface area contributed by atoms with Crippen molar-refractivity contribution in [3.63, 3.8) is 0 Å². The molecule has 0 radical (unpaired) electrons. The van der Waals surface area contributed by atoms with Crippen LogP contribution in [-0.4, -0.2) is 92.5 Å². The van der Waals surface area contributed by atoms with E-state index in [9.17, 15) is 8.42 Å². The van der Waals surface area contributed by atoms with Crippen molar-refractivity contribution >= 4 is 10.0 Å². The van der Waals surface area contributed by atoms with Gasteiger partial charge in [-0.15, -0.1) is 0 Å². The number of hydrogen-bond donors (Lipinski definition) is 1. The standard InChI is InChI=1S/C35H50N6O4S/c1-26-21-31(44-5)22-27(2)33(26)46(42,43)41-18-10-14-30(41)25-45-34-37-24-28(32(23-36)38-34)11-9-17-40-19-15-35(16-20-40,39(3)4)29-12-7-6-8-13-29/h6-8,12-13,21-22,24,30H,9-11,14-20,23,25,36H2,1-5H3/t30-/m0/s1. The fourth-order valence-corrected chi connectivity index (χ4v) is 9.37. The molecule has 2 aliphatic heterocycles. The third-order valence-corrected chi connectivity index (χ3v) is 12.1. The first kappa shape index (κ1) is 34.3. The maximum atomic E-state index is 13.8. The first-order valence-corrected chi connectivity index (χ1v) is 17.8. The van der Waals surface area contributed by atoms with E-state index in [1.54, 1.807) is 23.5 Å². The largest absolute Gasteiger partial charge is 0.497 e. The number of hydrogen-bond acceptors (Lipinski definition) is 9. The van der Waals surface area contributed by atoms with Crippen molar-refractivity contribution in [2.24, 2.45) is 5.73 Å². The molecule has 0 spiro atoms. The first-order valence-electron chi connectivity index (χ1n) is 16.4. The maximum absolute atomic E-state index is 13.8. The van der Waals surface area contributed by atoms with E-state index in [0.29, 0.717) is 41.3 Å². The third-order valence-electron chi connectivity index (χ3n) is 9.86. The molecule has 0 saturated carbocycles. The Labute approximate surface area is 275 Å². The van der Waals surface area contributed by atoms with Gasteiger partial charge in [-0.1, -0.05) is 30.3 Å². The van der Waals surface area contributed by atoms with E-state index in [1.807, 2.05) is 20.0 Å². The van der Waals surface area contributed by atoms with Crippen LogP contribution in [0, 0.1) is 13.8 Å². The third kappa shape index (κ3) is 7.23. The molecule has 0 aliphatic carbocycles. The highest BCUT2D eigenvalue weighted by Crippen LogP contribution is 2.37. The van der Waals surface area contributed by atoms with Crippen LogP contribution in [0.15, 0.2) is 53.6 Å². The lowest BCUT2D eigenvalue weighted by Crippen LogP contribution is -2.50. The van der Waals surface area contributed by atoms with Crippen LogP contribution in [0.2, 0.25) is 0 Å². The van der Waals surface area contributed by atoms with Crippen LogP contribution in [0.5, 0.6) is 11.8 Å². The number of aromatic nitrogens is 2. The number of methoxy groups -OCH3 is 1. The Morgan fingerprint density at radius 3 is 2.39 bits per heavy atom. The quantitative estimate of drug-likeness (QED) is 0.290. The molecule has 1 atom stereocenters. The van der Waals surface area contributed by atoms with Crippen LogP contribution in [0.4, 0.5) is 0 Å². The molecule has 3 heterocycles. The minimum absolute atomic E-state index is 0.0848. The molecule has 1 aromatic heterocycles. The van der Waals surface area contributed by atoms with E-state index < -0.39 is 10.0 Å². The molecular weight excluding hydrogens is 600 g/mol. The number of aryl methyl sites for hydroxylation is 3. The zero-order chi connectivity index (χ0) is 32.9. The van der Waals surface area contributed by atoms with Crippen molar-refractivity contribution in [1.82, 2.24) is 24.1 Å². The summed E-state index contributed by atoms with van der Waals surface area (Å²) in [6.45, 7) is 7.68. The number of sulfonamides is 1. The van der Waals surface area contributed by atoms with Crippen molar-refractivity contribution in [3.8, 4) is 11.8 Å². The Morgan fingerprint density at radius 1 is 1.07 bits per heavy atom. The van der Waals surface area contributed by atoms with E-state index in [0.717, 1.165) is 63.0 Å². The van der Waals surface area contributed by atoms with E-state index >= 15 is 0 Å². The van der Waals surface area contributed by atoms with Crippen molar-refractivity contribution < 1.29 is 17.9 Å². The van der Waals surface area contributed by atoms with E-state index in [2.05, 4.69) is 64.2 Å². The van der Waals surface area contributed by atoms with Crippen LogP contribution >= 0.6 is 0 Å².